The molecule has 0 bridgehead atoms. The van der Waals surface area contributed by atoms with E-state index < -0.39 is 0 Å². The van der Waals surface area contributed by atoms with Gasteiger partial charge in [-0.15, -0.1) is 0 Å². The van der Waals surface area contributed by atoms with Crippen molar-refractivity contribution in [2.45, 2.75) is 63.6 Å². The van der Waals surface area contributed by atoms with Crippen LogP contribution in [0.3, 0.4) is 0 Å². The van der Waals surface area contributed by atoms with Crippen LogP contribution in [0.4, 0.5) is 0 Å². The molecule has 1 N–H and O–H groups in total. The predicted octanol–water partition coefficient (Wildman–Crippen LogP) is 2.97. The van der Waals surface area contributed by atoms with Gasteiger partial charge in [-0.2, -0.15) is 0 Å². The van der Waals surface area contributed by atoms with Gasteiger partial charge in [-0.05, 0) is 31.4 Å². The number of hydrogen-bond acceptors (Lipinski definition) is 3. The molecule has 3 heteroatoms. The molecule has 0 amide bonds. The van der Waals surface area contributed by atoms with E-state index in [2.05, 4.69) is 34.3 Å². The maximum absolute atomic E-state index is 4.54. The van der Waals surface area contributed by atoms with Crippen LogP contribution in [-0.4, -0.2) is 34.6 Å². The summed E-state index contributed by atoms with van der Waals surface area (Å²) in [5.41, 5.74) is 1.62. The number of nitrogens with zero attached hydrogens (tertiary/aromatic N) is 2. The smallest absolute Gasteiger partial charge is 0.0544 e. The summed E-state index contributed by atoms with van der Waals surface area (Å²) < 4.78 is 0. The van der Waals surface area contributed by atoms with Gasteiger partial charge in [0.2, 0.25) is 0 Å². The fourth-order valence-electron chi connectivity index (χ4n) is 3.96. The molecule has 1 saturated carbocycles. The van der Waals surface area contributed by atoms with Crippen LogP contribution >= 0.6 is 0 Å². The van der Waals surface area contributed by atoms with Crippen molar-refractivity contribution in [3.63, 3.8) is 0 Å². The van der Waals surface area contributed by atoms with Crippen molar-refractivity contribution in [3.05, 3.63) is 30.1 Å². The lowest BCUT2D eigenvalue weighted by Gasteiger charge is -2.48. The van der Waals surface area contributed by atoms with Crippen LogP contribution in [0.5, 0.6) is 0 Å². The van der Waals surface area contributed by atoms with E-state index >= 15 is 0 Å². The molecule has 2 heterocycles. The van der Waals surface area contributed by atoms with Gasteiger partial charge in [0.05, 0.1) is 5.69 Å². The molecule has 1 aromatic heterocycles. The molecular weight excluding hydrogens is 246 g/mol. The molecule has 20 heavy (non-hydrogen) atoms. The summed E-state index contributed by atoms with van der Waals surface area (Å²) in [5.74, 6) is 0. The Bertz CT molecular complexity index is 412. The Balaban J connectivity index is 1.74. The molecule has 110 valence electrons. The van der Waals surface area contributed by atoms with Gasteiger partial charge >= 0.3 is 0 Å². The molecule has 1 aromatic rings. The Kier molecular flexibility index (Phi) is 4.37. The van der Waals surface area contributed by atoms with Gasteiger partial charge in [-0.25, -0.2) is 0 Å². The summed E-state index contributed by atoms with van der Waals surface area (Å²) in [6.07, 6.45) is 9.95. The van der Waals surface area contributed by atoms with Crippen LogP contribution in [-0.2, 0) is 6.54 Å². The van der Waals surface area contributed by atoms with Gasteiger partial charge in [0.15, 0.2) is 0 Å². The van der Waals surface area contributed by atoms with Crippen molar-refractivity contribution in [2.75, 3.05) is 13.1 Å². The average Bonchev–Trinajstić information content (AvgIpc) is 2.94. The highest BCUT2D eigenvalue weighted by molar-refractivity contribution is 5.08. The van der Waals surface area contributed by atoms with Crippen LogP contribution in [0.1, 0.15) is 51.1 Å². The minimum absolute atomic E-state index is 0.405. The molecule has 2 aliphatic rings. The minimum atomic E-state index is 0.405. The van der Waals surface area contributed by atoms with Gasteiger partial charge in [0, 0.05) is 37.4 Å². The van der Waals surface area contributed by atoms with E-state index in [1.54, 1.807) is 0 Å². The second-order valence-electron chi connectivity index (χ2n) is 6.50. The second kappa shape index (κ2) is 6.23. The predicted molar refractivity (Wildman–Crippen MR) is 82.5 cm³/mol. The average molecular weight is 273 g/mol. The molecule has 0 radical (unpaired) electrons. The zero-order valence-electron chi connectivity index (χ0n) is 12.6. The van der Waals surface area contributed by atoms with Gasteiger partial charge in [-0.1, -0.05) is 32.3 Å². The Hall–Kier alpha value is -0.930. The number of rotatable bonds is 4. The van der Waals surface area contributed by atoms with Gasteiger partial charge in [0.1, 0.15) is 0 Å². The maximum Gasteiger partial charge on any atom is 0.0544 e. The maximum atomic E-state index is 4.54. The first-order chi connectivity index (χ1) is 9.82. The fraction of sp³-hybridized carbons (Fsp3) is 0.706. The molecule has 1 unspecified atom stereocenters. The van der Waals surface area contributed by atoms with Crippen molar-refractivity contribution >= 4 is 0 Å². The standard InChI is InChI=1S/C17H27N3/c1-2-7-15-12-20(13-16-8-3-6-11-18-16)17(14-19-15)9-4-5-10-17/h3,6,8,11,15,19H,2,4-5,7,9-10,12-14H2,1H3. The summed E-state index contributed by atoms with van der Waals surface area (Å²) in [7, 11) is 0. The van der Waals surface area contributed by atoms with Crippen molar-refractivity contribution < 1.29 is 0 Å². The summed E-state index contributed by atoms with van der Waals surface area (Å²) in [4.78, 5) is 7.27. The molecule has 2 fully saturated rings. The third-order valence-corrected chi connectivity index (χ3v) is 5.08. The van der Waals surface area contributed by atoms with Crippen LogP contribution in [0.15, 0.2) is 24.4 Å². The SMILES string of the molecule is CCCC1CN(Cc2ccccn2)C2(CCCC2)CN1. The zero-order chi connectivity index (χ0) is 13.8. The first-order valence-electron chi connectivity index (χ1n) is 8.21. The monoisotopic (exact) mass is 273 g/mol. The van der Waals surface area contributed by atoms with E-state index in [9.17, 15) is 0 Å². The molecule has 3 rings (SSSR count). The molecular formula is C17H27N3. The summed E-state index contributed by atoms with van der Waals surface area (Å²) in [6.45, 7) is 5.66. The second-order valence-corrected chi connectivity index (χ2v) is 6.50. The van der Waals surface area contributed by atoms with Gasteiger partial charge in [-0.3, -0.25) is 9.88 Å². The van der Waals surface area contributed by atoms with Crippen molar-refractivity contribution in [2.24, 2.45) is 0 Å². The molecule has 1 saturated heterocycles. The van der Waals surface area contributed by atoms with Gasteiger partial charge < -0.3 is 5.32 Å². The Morgan fingerprint density at radius 1 is 1.35 bits per heavy atom. The molecule has 1 aliphatic carbocycles. The lowest BCUT2D eigenvalue weighted by molar-refractivity contribution is 0.0328. The van der Waals surface area contributed by atoms with Crippen molar-refractivity contribution in [1.82, 2.24) is 15.2 Å². The minimum Gasteiger partial charge on any atom is -0.311 e. The first-order valence-corrected chi connectivity index (χ1v) is 8.21. The molecule has 1 atom stereocenters. The van der Waals surface area contributed by atoms with Crippen LogP contribution in [0, 0.1) is 0 Å². The quantitative estimate of drug-likeness (QED) is 0.914. The largest absolute Gasteiger partial charge is 0.311 e. The summed E-state index contributed by atoms with van der Waals surface area (Å²) in [6, 6.07) is 6.94. The number of nitrogens with one attached hydrogen (secondary N) is 1. The summed E-state index contributed by atoms with van der Waals surface area (Å²) in [5, 5.41) is 3.81. The highest BCUT2D eigenvalue weighted by Crippen LogP contribution is 2.37. The molecule has 0 aromatic carbocycles. The molecule has 1 spiro atoms. The highest BCUT2D eigenvalue weighted by Gasteiger charge is 2.43. The third-order valence-electron chi connectivity index (χ3n) is 5.08. The van der Waals surface area contributed by atoms with E-state index in [-0.39, 0.29) is 0 Å². The molecule has 3 nitrogen and oxygen atoms in total. The Labute approximate surface area is 122 Å². The topological polar surface area (TPSA) is 28.2 Å². The first kappa shape index (κ1) is 14.0. The van der Waals surface area contributed by atoms with E-state index in [0.717, 1.165) is 6.54 Å². The highest BCUT2D eigenvalue weighted by atomic mass is 15.3. The van der Waals surface area contributed by atoms with Crippen molar-refractivity contribution in [1.29, 1.82) is 0 Å². The van der Waals surface area contributed by atoms with E-state index in [0.29, 0.717) is 11.6 Å². The number of piperazine rings is 1. The third kappa shape index (κ3) is 2.89. The number of pyridine rings is 1. The Morgan fingerprint density at radius 3 is 2.90 bits per heavy atom. The summed E-state index contributed by atoms with van der Waals surface area (Å²) >= 11 is 0. The van der Waals surface area contributed by atoms with Crippen LogP contribution in [0.2, 0.25) is 0 Å². The number of aromatic nitrogens is 1. The van der Waals surface area contributed by atoms with E-state index in [4.69, 9.17) is 0 Å². The van der Waals surface area contributed by atoms with Crippen molar-refractivity contribution in [3.8, 4) is 0 Å². The van der Waals surface area contributed by atoms with Gasteiger partial charge in [0.25, 0.3) is 0 Å². The lowest BCUT2D eigenvalue weighted by atomic mass is 9.90. The normalized spacial score (nSPS) is 26.1. The van der Waals surface area contributed by atoms with E-state index in [1.807, 2.05) is 12.3 Å². The molecule has 1 aliphatic heterocycles. The zero-order valence-corrected chi connectivity index (χ0v) is 12.6. The van der Waals surface area contributed by atoms with E-state index in [1.165, 1.54) is 57.3 Å². The fourth-order valence-corrected chi connectivity index (χ4v) is 3.96. The van der Waals surface area contributed by atoms with Crippen LogP contribution < -0.4 is 5.32 Å². The van der Waals surface area contributed by atoms with Crippen LogP contribution in [0.25, 0.3) is 0 Å². The Morgan fingerprint density at radius 2 is 2.20 bits per heavy atom. The number of hydrogen-bond donors (Lipinski definition) is 1. The lowest BCUT2D eigenvalue weighted by Crippen LogP contribution is -2.63.